The summed E-state index contributed by atoms with van der Waals surface area (Å²) in [6.07, 6.45) is 1.21. The van der Waals surface area contributed by atoms with Gasteiger partial charge in [-0.3, -0.25) is 0 Å². The normalized spacial score (nSPS) is 13.8. The van der Waals surface area contributed by atoms with Crippen molar-refractivity contribution in [3.05, 3.63) is 0 Å². The first-order valence-corrected chi connectivity index (χ1v) is 4.72. The highest BCUT2D eigenvalue weighted by Crippen LogP contribution is 1.87. The summed E-state index contributed by atoms with van der Waals surface area (Å²) in [5.74, 6) is 0.601. The molecular weight excluding hydrogens is 150 g/mol. The quantitative estimate of drug-likeness (QED) is 0.537. The maximum absolute atomic E-state index is 5.49. The average molecular weight is 173 g/mol. The van der Waals surface area contributed by atoms with Crippen molar-refractivity contribution in [1.82, 2.24) is 10.2 Å². The van der Waals surface area contributed by atoms with Crippen LogP contribution in [0.5, 0.6) is 0 Å². The second kappa shape index (κ2) is 7.53. The van der Waals surface area contributed by atoms with E-state index in [4.69, 9.17) is 5.73 Å². The number of nitrogens with two attached hydrogens (primary N) is 1. The SMILES string of the molecule is CC(CN)CNCCCN(C)C. The fourth-order valence-electron chi connectivity index (χ4n) is 0.952. The van der Waals surface area contributed by atoms with Crippen LogP contribution in [0.3, 0.4) is 0 Å². The molecular formula is C9H23N3. The average Bonchev–Trinajstić information content (AvgIpc) is 2.03. The molecule has 0 aliphatic carbocycles. The van der Waals surface area contributed by atoms with Crippen LogP contribution in [0.2, 0.25) is 0 Å². The van der Waals surface area contributed by atoms with Gasteiger partial charge in [0.1, 0.15) is 0 Å². The Morgan fingerprint density at radius 1 is 1.42 bits per heavy atom. The number of hydrogen-bond donors (Lipinski definition) is 2. The minimum absolute atomic E-state index is 0.601. The lowest BCUT2D eigenvalue weighted by molar-refractivity contribution is 0.390. The Hall–Kier alpha value is -0.120. The van der Waals surface area contributed by atoms with Crippen LogP contribution in [-0.2, 0) is 0 Å². The molecule has 3 heteroatoms. The van der Waals surface area contributed by atoms with Crippen molar-refractivity contribution in [2.45, 2.75) is 13.3 Å². The van der Waals surface area contributed by atoms with E-state index in [9.17, 15) is 0 Å². The molecule has 3 N–H and O–H groups in total. The Balaban J connectivity index is 3.00. The third kappa shape index (κ3) is 7.98. The van der Waals surface area contributed by atoms with E-state index < -0.39 is 0 Å². The van der Waals surface area contributed by atoms with Crippen molar-refractivity contribution in [2.75, 3.05) is 40.3 Å². The molecule has 0 heterocycles. The molecule has 0 aliphatic rings. The lowest BCUT2D eigenvalue weighted by atomic mass is 10.2. The maximum Gasteiger partial charge on any atom is -0.00111 e. The van der Waals surface area contributed by atoms with Crippen molar-refractivity contribution in [3.8, 4) is 0 Å². The molecule has 0 saturated carbocycles. The zero-order valence-corrected chi connectivity index (χ0v) is 8.64. The van der Waals surface area contributed by atoms with Crippen LogP contribution in [0, 0.1) is 5.92 Å². The van der Waals surface area contributed by atoms with Gasteiger partial charge in [0.2, 0.25) is 0 Å². The molecule has 0 fully saturated rings. The van der Waals surface area contributed by atoms with Gasteiger partial charge in [-0.15, -0.1) is 0 Å². The fourth-order valence-corrected chi connectivity index (χ4v) is 0.952. The van der Waals surface area contributed by atoms with Gasteiger partial charge in [-0.05, 0) is 52.6 Å². The molecule has 0 spiro atoms. The number of nitrogens with one attached hydrogen (secondary N) is 1. The fraction of sp³-hybridized carbons (Fsp3) is 1.00. The Morgan fingerprint density at radius 2 is 2.08 bits per heavy atom. The first-order valence-electron chi connectivity index (χ1n) is 4.72. The molecule has 74 valence electrons. The Bertz CT molecular complexity index is 93.8. The predicted octanol–water partition coefficient (Wildman–Crippen LogP) is 0.123. The van der Waals surface area contributed by atoms with Gasteiger partial charge >= 0.3 is 0 Å². The van der Waals surface area contributed by atoms with Crippen LogP contribution < -0.4 is 11.1 Å². The first-order chi connectivity index (χ1) is 5.66. The summed E-state index contributed by atoms with van der Waals surface area (Å²) in [5, 5.41) is 3.38. The van der Waals surface area contributed by atoms with Crippen LogP contribution in [0.4, 0.5) is 0 Å². The monoisotopic (exact) mass is 173 g/mol. The van der Waals surface area contributed by atoms with Crippen molar-refractivity contribution >= 4 is 0 Å². The lowest BCUT2D eigenvalue weighted by Gasteiger charge is -2.12. The van der Waals surface area contributed by atoms with E-state index in [1.807, 2.05) is 0 Å². The largest absolute Gasteiger partial charge is 0.330 e. The van der Waals surface area contributed by atoms with E-state index in [0.717, 1.165) is 26.2 Å². The summed E-state index contributed by atoms with van der Waals surface area (Å²) in [5.41, 5.74) is 5.49. The molecule has 0 bridgehead atoms. The van der Waals surface area contributed by atoms with Crippen LogP contribution >= 0.6 is 0 Å². The number of nitrogens with zero attached hydrogens (tertiary/aromatic N) is 1. The van der Waals surface area contributed by atoms with E-state index >= 15 is 0 Å². The highest BCUT2D eigenvalue weighted by atomic mass is 15.1. The molecule has 0 radical (unpaired) electrons. The highest BCUT2D eigenvalue weighted by molar-refractivity contribution is 4.57. The third-order valence-electron chi connectivity index (χ3n) is 1.85. The van der Waals surface area contributed by atoms with Crippen molar-refractivity contribution < 1.29 is 0 Å². The summed E-state index contributed by atoms with van der Waals surface area (Å²) in [6.45, 7) is 6.25. The molecule has 0 amide bonds. The first kappa shape index (κ1) is 11.9. The summed E-state index contributed by atoms with van der Waals surface area (Å²) in [4.78, 5) is 2.20. The van der Waals surface area contributed by atoms with Gasteiger partial charge < -0.3 is 16.0 Å². The Morgan fingerprint density at radius 3 is 2.58 bits per heavy atom. The second-order valence-corrected chi connectivity index (χ2v) is 3.70. The highest BCUT2D eigenvalue weighted by Gasteiger charge is 1.96. The van der Waals surface area contributed by atoms with Gasteiger partial charge in [0.15, 0.2) is 0 Å². The second-order valence-electron chi connectivity index (χ2n) is 3.70. The summed E-state index contributed by atoms with van der Waals surface area (Å²) < 4.78 is 0. The van der Waals surface area contributed by atoms with Gasteiger partial charge in [0, 0.05) is 0 Å². The number of hydrogen-bond acceptors (Lipinski definition) is 3. The predicted molar refractivity (Wildman–Crippen MR) is 54.3 cm³/mol. The zero-order chi connectivity index (χ0) is 9.40. The molecule has 0 aromatic carbocycles. The standard InChI is InChI=1S/C9H23N3/c1-9(7-10)8-11-5-4-6-12(2)3/h9,11H,4-8,10H2,1-3H3. The van der Waals surface area contributed by atoms with Crippen molar-refractivity contribution in [1.29, 1.82) is 0 Å². The van der Waals surface area contributed by atoms with Gasteiger partial charge in [-0.25, -0.2) is 0 Å². The maximum atomic E-state index is 5.49. The van der Waals surface area contributed by atoms with Crippen molar-refractivity contribution in [2.24, 2.45) is 11.7 Å². The molecule has 3 nitrogen and oxygen atoms in total. The molecule has 1 atom stereocenters. The smallest absolute Gasteiger partial charge is 0.00111 e. The molecule has 12 heavy (non-hydrogen) atoms. The van der Waals surface area contributed by atoms with Crippen LogP contribution in [0.25, 0.3) is 0 Å². The zero-order valence-electron chi connectivity index (χ0n) is 8.64. The number of rotatable bonds is 7. The minimum Gasteiger partial charge on any atom is -0.330 e. The van der Waals surface area contributed by atoms with Gasteiger partial charge in [-0.1, -0.05) is 6.92 Å². The summed E-state index contributed by atoms with van der Waals surface area (Å²) in [6, 6.07) is 0. The van der Waals surface area contributed by atoms with Crippen LogP contribution in [0.1, 0.15) is 13.3 Å². The van der Waals surface area contributed by atoms with Crippen LogP contribution in [-0.4, -0.2) is 45.2 Å². The van der Waals surface area contributed by atoms with Crippen molar-refractivity contribution in [3.63, 3.8) is 0 Å². The third-order valence-corrected chi connectivity index (χ3v) is 1.85. The minimum atomic E-state index is 0.601. The van der Waals surface area contributed by atoms with E-state index in [-0.39, 0.29) is 0 Å². The van der Waals surface area contributed by atoms with Gasteiger partial charge in [0.25, 0.3) is 0 Å². The summed E-state index contributed by atoms with van der Waals surface area (Å²) >= 11 is 0. The Labute approximate surface area is 76.3 Å². The van der Waals surface area contributed by atoms with E-state index in [1.165, 1.54) is 6.42 Å². The molecule has 0 aliphatic heterocycles. The van der Waals surface area contributed by atoms with Gasteiger partial charge in [0.05, 0.1) is 0 Å². The molecule has 0 aromatic rings. The van der Waals surface area contributed by atoms with E-state index in [0.29, 0.717) is 5.92 Å². The summed E-state index contributed by atoms with van der Waals surface area (Å²) in [7, 11) is 4.20. The molecule has 1 unspecified atom stereocenters. The molecule has 0 rings (SSSR count). The van der Waals surface area contributed by atoms with E-state index in [2.05, 4.69) is 31.2 Å². The Kier molecular flexibility index (Phi) is 7.45. The molecule has 0 aromatic heterocycles. The van der Waals surface area contributed by atoms with Crippen LogP contribution in [0.15, 0.2) is 0 Å². The topological polar surface area (TPSA) is 41.3 Å². The van der Waals surface area contributed by atoms with E-state index in [1.54, 1.807) is 0 Å². The molecule has 0 saturated heterocycles. The lowest BCUT2D eigenvalue weighted by Crippen LogP contribution is -2.28. The van der Waals surface area contributed by atoms with Gasteiger partial charge in [-0.2, -0.15) is 0 Å².